The number of amides is 1. The van der Waals surface area contributed by atoms with Crippen LogP contribution in [0.3, 0.4) is 0 Å². The molecule has 1 amide bonds. The molecule has 0 saturated heterocycles. The molecule has 4 rings (SSSR count). The third-order valence-electron chi connectivity index (χ3n) is 4.42. The van der Waals surface area contributed by atoms with Gasteiger partial charge < -0.3 is 16.0 Å². The summed E-state index contributed by atoms with van der Waals surface area (Å²) in [6.45, 7) is 0.207. The highest BCUT2D eigenvalue weighted by atomic mass is 16.1. The monoisotopic (exact) mass is 346 g/mol. The zero-order chi connectivity index (χ0) is 17.9. The standard InChI is InChI=1S/C19H18N6O/c20-7-15(12-3-2-6-21-8-12)19(26)25-17-5-1-4-14-16(11-22-18(14)17)13-9-23-24-10-13/h1-6,8-11,15,22H,7,20H2,(H,23,24)(H,25,26). The third kappa shape index (κ3) is 2.84. The Morgan fingerprint density at radius 1 is 1.19 bits per heavy atom. The molecular formula is C19H18N6O. The molecule has 1 aromatic carbocycles. The van der Waals surface area contributed by atoms with Gasteiger partial charge in [-0.05, 0) is 17.7 Å². The predicted molar refractivity (Wildman–Crippen MR) is 101 cm³/mol. The molecule has 0 radical (unpaired) electrons. The zero-order valence-electron chi connectivity index (χ0n) is 13.9. The fourth-order valence-electron chi connectivity index (χ4n) is 3.09. The number of nitrogens with one attached hydrogen (secondary N) is 3. The van der Waals surface area contributed by atoms with Crippen LogP contribution in [0.2, 0.25) is 0 Å². The predicted octanol–water partition coefficient (Wildman–Crippen LogP) is 2.63. The van der Waals surface area contributed by atoms with Gasteiger partial charge in [-0.15, -0.1) is 0 Å². The van der Waals surface area contributed by atoms with Gasteiger partial charge >= 0.3 is 0 Å². The molecule has 1 unspecified atom stereocenters. The summed E-state index contributed by atoms with van der Waals surface area (Å²) in [6.07, 6.45) is 8.85. The van der Waals surface area contributed by atoms with Crippen molar-refractivity contribution in [1.29, 1.82) is 0 Å². The molecule has 3 heterocycles. The quantitative estimate of drug-likeness (QED) is 0.445. The van der Waals surface area contributed by atoms with Gasteiger partial charge in [0.25, 0.3) is 0 Å². The molecule has 0 aliphatic rings. The number of anilines is 1. The van der Waals surface area contributed by atoms with Gasteiger partial charge in [-0.25, -0.2) is 0 Å². The van der Waals surface area contributed by atoms with Crippen LogP contribution in [0, 0.1) is 0 Å². The Labute approximate surface area is 149 Å². The van der Waals surface area contributed by atoms with Crippen LogP contribution in [0.25, 0.3) is 22.0 Å². The van der Waals surface area contributed by atoms with Crippen molar-refractivity contribution >= 4 is 22.5 Å². The van der Waals surface area contributed by atoms with Crippen LogP contribution in [0.15, 0.2) is 61.3 Å². The number of H-pyrrole nitrogens is 2. The van der Waals surface area contributed by atoms with Crippen LogP contribution in [0.4, 0.5) is 5.69 Å². The van der Waals surface area contributed by atoms with E-state index in [1.54, 1.807) is 24.7 Å². The van der Waals surface area contributed by atoms with Crippen LogP contribution >= 0.6 is 0 Å². The number of hydrogen-bond donors (Lipinski definition) is 4. The molecule has 4 aromatic rings. The average Bonchev–Trinajstić information content (AvgIpc) is 3.33. The fraction of sp³-hybridized carbons (Fsp3) is 0.105. The number of carbonyl (C=O) groups excluding carboxylic acids is 1. The van der Waals surface area contributed by atoms with Gasteiger partial charge in [0, 0.05) is 47.8 Å². The van der Waals surface area contributed by atoms with Gasteiger partial charge in [0.2, 0.25) is 5.91 Å². The first kappa shape index (κ1) is 16.0. The van der Waals surface area contributed by atoms with E-state index in [1.165, 1.54) is 0 Å². The Morgan fingerprint density at radius 3 is 2.85 bits per heavy atom. The number of nitrogens with two attached hydrogens (primary N) is 1. The maximum Gasteiger partial charge on any atom is 0.233 e. The van der Waals surface area contributed by atoms with Gasteiger partial charge in [0.1, 0.15) is 0 Å². The lowest BCUT2D eigenvalue weighted by atomic mass is 10.00. The molecule has 0 aliphatic heterocycles. The molecule has 3 aromatic heterocycles. The van der Waals surface area contributed by atoms with Gasteiger partial charge in [0.15, 0.2) is 0 Å². The highest BCUT2D eigenvalue weighted by Crippen LogP contribution is 2.32. The first-order valence-corrected chi connectivity index (χ1v) is 8.28. The molecule has 26 heavy (non-hydrogen) atoms. The van der Waals surface area contributed by atoms with Crippen LogP contribution < -0.4 is 11.1 Å². The summed E-state index contributed by atoms with van der Waals surface area (Å²) in [5, 5.41) is 10.8. The number of aromatic nitrogens is 4. The van der Waals surface area contributed by atoms with E-state index >= 15 is 0 Å². The summed E-state index contributed by atoms with van der Waals surface area (Å²) in [5.74, 6) is -0.616. The summed E-state index contributed by atoms with van der Waals surface area (Å²) in [6, 6.07) is 9.44. The minimum atomic E-state index is -0.456. The first-order valence-electron chi connectivity index (χ1n) is 8.28. The molecule has 130 valence electrons. The van der Waals surface area contributed by atoms with Gasteiger partial charge in [-0.3, -0.25) is 14.9 Å². The number of fused-ring (bicyclic) bond motifs is 1. The minimum absolute atomic E-state index is 0.160. The van der Waals surface area contributed by atoms with E-state index in [2.05, 4.69) is 25.5 Å². The maximum atomic E-state index is 12.8. The average molecular weight is 346 g/mol. The van der Waals surface area contributed by atoms with E-state index in [-0.39, 0.29) is 12.5 Å². The Balaban J connectivity index is 1.66. The number of para-hydroxylation sites is 1. The van der Waals surface area contributed by atoms with Crippen molar-refractivity contribution in [1.82, 2.24) is 20.2 Å². The van der Waals surface area contributed by atoms with Crippen molar-refractivity contribution in [2.75, 3.05) is 11.9 Å². The van der Waals surface area contributed by atoms with Gasteiger partial charge in [-0.2, -0.15) is 5.10 Å². The van der Waals surface area contributed by atoms with E-state index in [1.807, 2.05) is 36.7 Å². The van der Waals surface area contributed by atoms with Gasteiger partial charge in [0.05, 0.1) is 23.3 Å². The van der Waals surface area contributed by atoms with Crippen LogP contribution in [-0.2, 0) is 4.79 Å². The topological polar surface area (TPSA) is 112 Å². The van der Waals surface area contributed by atoms with Crippen molar-refractivity contribution < 1.29 is 4.79 Å². The lowest BCUT2D eigenvalue weighted by Crippen LogP contribution is -2.27. The first-order chi connectivity index (χ1) is 12.8. The van der Waals surface area contributed by atoms with Gasteiger partial charge in [-0.1, -0.05) is 18.2 Å². The summed E-state index contributed by atoms with van der Waals surface area (Å²) < 4.78 is 0. The number of rotatable bonds is 5. The Bertz CT molecular complexity index is 1020. The zero-order valence-corrected chi connectivity index (χ0v) is 13.9. The van der Waals surface area contributed by atoms with E-state index in [4.69, 9.17) is 5.73 Å². The van der Waals surface area contributed by atoms with Crippen LogP contribution in [0.5, 0.6) is 0 Å². The van der Waals surface area contributed by atoms with Crippen molar-refractivity contribution in [2.45, 2.75) is 5.92 Å². The van der Waals surface area contributed by atoms with Crippen molar-refractivity contribution in [3.63, 3.8) is 0 Å². The Morgan fingerprint density at radius 2 is 2.12 bits per heavy atom. The van der Waals surface area contributed by atoms with E-state index in [9.17, 15) is 4.79 Å². The number of benzene rings is 1. The SMILES string of the molecule is NCC(C(=O)Nc1cccc2c(-c3cn[nH]c3)c[nH]c12)c1cccnc1. The van der Waals surface area contributed by atoms with E-state index in [0.29, 0.717) is 5.69 Å². The molecule has 0 bridgehead atoms. The Kier molecular flexibility index (Phi) is 4.20. The van der Waals surface area contributed by atoms with Crippen molar-refractivity contribution in [2.24, 2.45) is 5.73 Å². The number of nitrogens with zero attached hydrogens (tertiary/aromatic N) is 2. The maximum absolute atomic E-state index is 12.8. The second kappa shape index (κ2) is 6.81. The second-order valence-electron chi connectivity index (χ2n) is 5.98. The molecule has 0 saturated carbocycles. The molecule has 7 nitrogen and oxygen atoms in total. The third-order valence-corrected chi connectivity index (χ3v) is 4.42. The largest absolute Gasteiger partial charge is 0.359 e. The molecule has 5 N–H and O–H groups in total. The van der Waals surface area contributed by atoms with Crippen molar-refractivity contribution in [3.05, 3.63) is 66.9 Å². The number of pyridine rings is 1. The smallest absolute Gasteiger partial charge is 0.233 e. The van der Waals surface area contributed by atoms with E-state index in [0.717, 1.165) is 27.6 Å². The summed E-state index contributed by atoms with van der Waals surface area (Å²) >= 11 is 0. The second-order valence-corrected chi connectivity index (χ2v) is 5.98. The number of hydrogen-bond acceptors (Lipinski definition) is 4. The van der Waals surface area contributed by atoms with Crippen LogP contribution in [0.1, 0.15) is 11.5 Å². The molecule has 0 spiro atoms. The molecule has 7 heteroatoms. The number of carbonyl (C=O) groups is 1. The minimum Gasteiger partial charge on any atom is -0.359 e. The van der Waals surface area contributed by atoms with Crippen molar-refractivity contribution in [3.8, 4) is 11.1 Å². The normalized spacial score (nSPS) is 12.2. The van der Waals surface area contributed by atoms with Crippen LogP contribution in [-0.4, -0.2) is 32.6 Å². The summed E-state index contributed by atoms with van der Waals surface area (Å²) in [4.78, 5) is 20.1. The highest BCUT2D eigenvalue weighted by molar-refractivity contribution is 6.07. The molecular weight excluding hydrogens is 328 g/mol. The Hall–Kier alpha value is -3.45. The summed E-state index contributed by atoms with van der Waals surface area (Å²) in [7, 11) is 0. The lowest BCUT2D eigenvalue weighted by Gasteiger charge is -2.15. The molecule has 0 aliphatic carbocycles. The lowest BCUT2D eigenvalue weighted by molar-refractivity contribution is -0.117. The summed E-state index contributed by atoms with van der Waals surface area (Å²) in [5.41, 5.74) is 10.2. The van der Waals surface area contributed by atoms with E-state index < -0.39 is 5.92 Å². The molecule has 0 fully saturated rings. The molecule has 1 atom stereocenters. The number of aromatic amines is 2. The highest BCUT2D eigenvalue weighted by Gasteiger charge is 2.20. The fourth-order valence-corrected chi connectivity index (χ4v) is 3.09.